The zero-order valence-corrected chi connectivity index (χ0v) is 7.91. The van der Waals surface area contributed by atoms with E-state index in [1.165, 1.54) is 6.33 Å². The van der Waals surface area contributed by atoms with E-state index in [1.54, 1.807) is 6.08 Å². The number of aromatic nitrogens is 4. The minimum atomic E-state index is 0.671. The number of nitrogens with zero attached hydrogens (tertiary/aromatic N) is 3. The molecule has 0 spiro atoms. The van der Waals surface area contributed by atoms with Crippen molar-refractivity contribution in [3.05, 3.63) is 24.8 Å². The molecule has 0 atom stereocenters. The third-order valence-electron chi connectivity index (χ3n) is 1.82. The van der Waals surface area contributed by atoms with Crippen molar-refractivity contribution in [3.63, 3.8) is 0 Å². The first kappa shape index (κ1) is 8.68. The van der Waals surface area contributed by atoms with Crippen molar-refractivity contribution in [3.8, 4) is 0 Å². The number of fused-ring (bicyclic) bond motifs is 1. The Hall–Kier alpha value is -1.91. The van der Waals surface area contributed by atoms with E-state index in [0.717, 1.165) is 17.2 Å². The molecule has 5 nitrogen and oxygen atoms in total. The van der Waals surface area contributed by atoms with Gasteiger partial charge in [0.2, 0.25) is 0 Å². The highest BCUT2D eigenvalue weighted by molar-refractivity contribution is 5.82. The molecule has 0 fully saturated rings. The lowest BCUT2D eigenvalue weighted by molar-refractivity contribution is 1.15. The van der Waals surface area contributed by atoms with Crippen LogP contribution in [0.1, 0.15) is 5.82 Å². The summed E-state index contributed by atoms with van der Waals surface area (Å²) in [4.78, 5) is 15.5. The van der Waals surface area contributed by atoms with Gasteiger partial charge >= 0.3 is 0 Å². The maximum atomic E-state index is 4.21. The van der Waals surface area contributed by atoms with E-state index in [4.69, 9.17) is 0 Å². The van der Waals surface area contributed by atoms with Gasteiger partial charge in [-0.25, -0.2) is 15.0 Å². The summed E-state index contributed by atoms with van der Waals surface area (Å²) in [6.07, 6.45) is 3.27. The van der Waals surface area contributed by atoms with Gasteiger partial charge in [-0.05, 0) is 6.92 Å². The molecule has 0 saturated heterocycles. The summed E-state index contributed by atoms with van der Waals surface area (Å²) in [5, 5.41) is 3.11. The molecule has 2 aromatic rings. The van der Waals surface area contributed by atoms with Crippen molar-refractivity contribution in [2.75, 3.05) is 11.9 Å². The van der Waals surface area contributed by atoms with Gasteiger partial charge in [0.15, 0.2) is 11.5 Å². The first-order valence-corrected chi connectivity index (χ1v) is 4.33. The van der Waals surface area contributed by atoms with Gasteiger partial charge in [0.1, 0.15) is 17.7 Å². The van der Waals surface area contributed by atoms with Crippen LogP contribution in [0.15, 0.2) is 19.0 Å². The molecule has 0 radical (unpaired) electrons. The molecule has 0 saturated carbocycles. The molecule has 0 amide bonds. The fourth-order valence-corrected chi connectivity index (χ4v) is 1.25. The van der Waals surface area contributed by atoms with Crippen LogP contribution in [0.2, 0.25) is 0 Å². The molecule has 5 heteroatoms. The van der Waals surface area contributed by atoms with Gasteiger partial charge in [-0.3, -0.25) is 0 Å². The molecule has 72 valence electrons. The van der Waals surface area contributed by atoms with Crippen LogP contribution in [0.4, 0.5) is 5.82 Å². The van der Waals surface area contributed by atoms with Crippen LogP contribution >= 0.6 is 0 Å². The van der Waals surface area contributed by atoms with Gasteiger partial charge in [-0.1, -0.05) is 6.08 Å². The van der Waals surface area contributed by atoms with Crippen molar-refractivity contribution in [1.29, 1.82) is 0 Å². The van der Waals surface area contributed by atoms with Gasteiger partial charge in [-0.15, -0.1) is 6.58 Å². The van der Waals surface area contributed by atoms with Gasteiger partial charge in [0.25, 0.3) is 0 Å². The quantitative estimate of drug-likeness (QED) is 0.713. The highest BCUT2D eigenvalue weighted by Gasteiger charge is 2.05. The zero-order chi connectivity index (χ0) is 9.97. The Balaban J connectivity index is 2.47. The minimum absolute atomic E-state index is 0.671. The largest absolute Gasteiger partial charge is 0.365 e. The standard InChI is InChI=1S/C9H11N5/c1-3-4-10-8-7-9(12-5-11-8)14-6(2)13-7/h3,5H,1,4H2,2H3,(H2,10,11,12,13,14). The Morgan fingerprint density at radius 3 is 3.21 bits per heavy atom. The normalized spacial score (nSPS) is 10.4. The Bertz CT molecular complexity index is 459. The van der Waals surface area contributed by atoms with Gasteiger partial charge in [0.05, 0.1) is 0 Å². The summed E-state index contributed by atoms with van der Waals surface area (Å²) in [6, 6.07) is 0. The summed E-state index contributed by atoms with van der Waals surface area (Å²) in [7, 11) is 0. The number of nitrogens with one attached hydrogen (secondary N) is 2. The third-order valence-corrected chi connectivity index (χ3v) is 1.82. The molecular weight excluding hydrogens is 178 g/mol. The van der Waals surface area contributed by atoms with Crippen molar-refractivity contribution in [1.82, 2.24) is 19.9 Å². The van der Waals surface area contributed by atoms with Crippen LogP contribution in [-0.4, -0.2) is 26.5 Å². The number of aromatic amines is 1. The van der Waals surface area contributed by atoms with Crippen LogP contribution in [0, 0.1) is 6.92 Å². The number of aryl methyl sites for hydroxylation is 1. The van der Waals surface area contributed by atoms with Crippen LogP contribution in [0.3, 0.4) is 0 Å². The molecule has 2 aromatic heterocycles. The number of rotatable bonds is 3. The fourth-order valence-electron chi connectivity index (χ4n) is 1.25. The fraction of sp³-hybridized carbons (Fsp3) is 0.222. The first-order valence-electron chi connectivity index (χ1n) is 4.33. The van der Waals surface area contributed by atoms with Crippen molar-refractivity contribution >= 4 is 17.0 Å². The monoisotopic (exact) mass is 189 g/mol. The number of hydrogen-bond acceptors (Lipinski definition) is 4. The third kappa shape index (κ3) is 1.44. The molecule has 0 aliphatic rings. The Kier molecular flexibility index (Phi) is 2.14. The summed E-state index contributed by atoms with van der Waals surface area (Å²) in [5.41, 5.74) is 1.52. The molecule has 2 heterocycles. The zero-order valence-electron chi connectivity index (χ0n) is 7.91. The van der Waals surface area contributed by atoms with Gasteiger partial charge < -0.3 is 10.3 Å². The number of H-pyrrole nitrogens is 1. The summed E-state index contributed by atoms with van der Waals surface area (Å²) < 4.78 is 0. The summed E-state index contributed by atoms with van der Waals surface area (Å²) in [6.45, 7) is 6.19. The average molecular weight is 189 g/mol. The lowest BCUT2D eigenvalue weighted by Crippen LogP contribution is -2.01. The molecule has 0 bridgehead atoms. The lowest BCUT2D eigenvalue weighted by Gasteiger charge is -2.01. The van der Waals surface area contributed by atoms with Crippen LogP contribution in [0.25, 0.3) is 11.2 Å². The molecule has 0 unspecified atom stereocenters. The second kappa shape index (κ2) is 3.45. The number of imidazole rings is 1. The predicted octanol–water partition coefficient (Wildman–Crippen LogP) is 1.26. The highest BCUT2D eigenvalue weighted by Crippen LogP contribution is 2.15. The van der Waals surface area contributed by atoms with Crippen LogP contribution < -0.4 is 5.32 Å². The lowest BCUT2D eigenvalue weighted by atomic mass is 10.5. The molecule has 14 heavy (non-hydrogen) atoms. The maximum absolute atomic E-state index is 4.21. The molecule has 2 N–H and O–H groups in total. The van der Waals surface area contributed by atoms with E-state index in [9.17, 15) is 0 Å². The van der Waals surface area contributed by atoms with Crippen LogP contribution in [-0.2, 0) is 0 Å². The van der Waals surface area contributed by atoms with Crippen molar-refractivity contribution in [2.24, 2.45) is 0 Å². The molecule has 0 aliphatic heterocycles. The highest BCUT2D eigenvalue weighted by atomic mass is 15.1. The average Bonchev–Trinajstić information content (AvgIpc) is 2.55. The van der Waals surface area contributed by atoms with E-state index < -0.39 is 0 Å². The summed E-state index contributed by atoms with van der Waals surface area (Å²) in [5.74, 6) is 1.60. The second-order valence-electron chi connectivity index (χ2n) is 2.91. The summed E-state index contributed by atoms with van der Waals surface area (Å²) >= 11 is 0. The molecule has 0 aliphatic carbocycles. The van der Waals surface area contributed by atoms with Crippen molar-refractivity contribution in [2.45, 2.75) is 6.92 Å². The van der Waals surface area contributed by atoms with Gasteiger partial charge in [-0.2, -0.15) is 0 Å². The molecular formula is C9H11N5. The molecule has 2 rings (SSSR count). The van der Waals surface area contributed by atoms with Crippen LogP contribution in [0.5, 0.6) is 0 Å². The molecule has 0 aromatic carbocycles. The minimum Gasteiger partial charge on any atom is -0.365 e. The SMILES string of the molecule is C=CCNc1ncnc2nc(C)[nH]c12. The van der Waals surface area contributed by atoms with E-state index in [2.05, 4.69) is 31.8 Å². The van der Waals surface area contributed by atoms with E-state index in [0.29, 0.717) is 12.2 Å². The van der Waals surface area contributed by atoms with Crippen molar-refractivity contribution < 1.29 is 0 Å². The van der Waals surface area contributed by atoms with E-state index in [-0.39, 0.29) is 0 Å². The number of hydrogen-bond donors (Lipinski definition) is 2. The first-order chi connectivity index (χ1) is 6.81. The van der Waals surface area contributed by atoms with E-state index in [1.807, 2.05) is 6.92 Å². The topological polar surface area (TPSA) is 66.5 Å². The Labute approximate surface area is 81.3 Å². The van der Waals surface area contributed by atoms with E-state index >= 15 is 0 Å². The maximum Gasteiger partial charge on any atom is 0.183 e. The smallest absolute Gasteiger partial charge is 0.183 e. The second-order valence-corrected chi connectivity index (χ2v) is 2.91. The Morgan fingerprint density at radius 1 is 1.57 bits per heavy atom. The number of anilines is 1. The van der Waals surface area contributed by atoms with Gasteiger partial charge in [0, 0.05) is 6.54 Å². The Morgan fingerprint density at radius 2 is 2.43 bits per heavy atom. The predicted molar refractivity (Wildman–Crippen MR) is 55.1 cm³/mol.